The van der Waals surface area contributed by atoms with Crippen LogP contribution in [0.15, 0.2) is 71.4 Å². The number of carbonyl (C=O) groups is 1. The number of hydrogen-bond acceptors (Lipinski definition) is 5. The Balaban J connectivity index is 1.61. The molecular weight excluding hydrogens is 433 g/mol. The predicted octanol–water partition coefficient (Wildman–Crippen LogP) is 5.72. The fourth-order valence-corrected chi connectivity index (χ4v) is 3.50. The molecule has 0 saturated carbocycles. The lowest BCUT2D eigenvalue weighted by atomic mass is 10.1. The summed E-state index contributed by atoms with van der Waals surface area (Å²) in [5.41, 5.74) is 2.80. The number of aryl methyl sites for hydroxylation is 1. The zero-order valence-corrected chi connectivity index (χ0v) is 18.2. The van der Waals surface area contributed by atoms with Crippen LogP contribution in [0.2, 0.25) is 5.02 Å². The SMILES string of the molecule is COc1cc(/C=C2/N=C(c3ccccc3C)OC2=O)cc(Cl)c1OCc1ccccc1F. The first kappa shape index (κ1) is 21.6. The number of ether oxygens (including phenoxy) is 3. The van der Waals surface area contributed by atoms with Gasteiger partial charge >= 0.3 is 5.97 Å². The molecule has 0 atom stereocenters. The minimum atomic E-state index is -0.557. The Bertz CT molecular complexity index is 1250. The number of cyclic esters (lactones) is 1. The summed E-state index contributed by atoms with van der Waals surface area (Å²) in [5, 5.41) is 0.252. The van der Waals surface area contributed by atoms with Gasteiger partial charge in [-0.2, -0.15) is 0 Å². The first-order valence-corrected chi connectivity index (χ1v) is 10.2. The van der Waals surface area contributed by atoms with Crippen molar-refractivity contribution in [2.75, 3.05) is 7.11 Å². The summed E-state index contributed by atoms with van der Waals surface area (Å²) in [6, 6.07) is 17.1. The van der Waals surface area contributed by atoms with E-state index >= 15 is 0 Å². The zero-order chi connectivity index (χ0) is 22.7. The van der Waals surface area contributed by atoms with E-state index in [-0.39, 0.29) is 34.8 Å². The molecule has 1 aliphatic heterocycles. The lowest BCUT2D eigenvalue weighted by Gasteiger charge is -2.13. The largest absolute Gasteiger partial charge is 0.493 e. The predicted molar refractivity (Wildman–Crippen MR) is 121 cm³/mol. The quantitative estimate of drug-likeness (QED) is 0.355. The maximum atomic E-state index is 13.9. The molecule has 4 rings (SSSR count). The van der Waals surface area contributed by atoms with Gasteiger partial charge in [0.15, 0.2) is 17.2 Å². The normalized spacial score (nSPS) is 14.3. The zero-order valence-electron chi connectivity index (χ0n) is 17.4. The van der Waals surface area contributed by atoms with Gasteiger partial charge in [0.05, 0.1) is 12.1 Å². The number of halogens is 2. The summed E-state index contributed by atoms with van der Waals surface area (Å²) in [7, 11) is 1.47. The summed E-state index contributed by atoms with van der Waals surface area (Å²) in [6.45, 7) is 1.90. The number of esters is 1. The second kappa shape index (κ2) is 9.24. The van der Waals surface area contributed by atoms with Gasteiger partial charge in [-0.05, 0) is 48.4 Å². The van der Waals surface area contributed by atoms with Crippen molar-refractivity contribution in [2.24, 2.45) is 4.99 Å². The minimum Gasteiger partial charge on any atom is -0.493 e. The second-order valence-electron chi connectivity index (χ2n) is 7.07. The summed E-state index contributed by atoms with van der Waals surface area (Å²) in [4.78, 5) is 16.7. The molecule has 1 aliphatic rings. The van der Waals surface area contributed by atoms with E-state index in [0.29, 0.717) is 16.9 Å². The molecule has 0 fully saturated rings. The monoisotopic (exact) mass is 451 g/mol. The van der Waals surface area contributed by atoms with E-state index < -0.39 is 5.97 Å². The lowest BCUT2D eigenvalue weighted by molar-refractivity contribution is -0.129. The molecule has 7 heteroatoms. The van der Waals surface area contributed by atoms with Crippen molar-refractivity contribution in [1.29, 1.82) is 0 Å². The summed E-state index contributed by atoms with van der Waals surface area (Å²) in [6.07, 6.45) is 1.56. The van der Waals surface area contributed by atoms with Crippen LogP contribution in [0.4, 0.5) is 4.39 Å². The van der Waals surface area contributed by atoms with Crippen molar-refractivity contribution >= 4 is 29.5 Å². The number of rotatable bonds is 6. The molecule has 3 aromatic rings. The average molecular weight is 452 g/mol. The molecule has 0 spiro atoms. The minimum absolute atomic E-state index is 0.0143. The highest BCUT2D eigenvalue weighted by atomic mass is 35.5. The van der Waals surface area contributed by atoms with Crippen molar-refractivity contribution in [3.63, 3.8) is 0 Å². The number of aliphatic imine (C=N–C) groups is 1. The van der Waals surface area contributed by atoms with Crippen LogP contribution in [-0.2, 0) is 16.1 Å². The van der Waals surface area contributed by atoms with Crippen LogP contribution >= 0.6 is 11.6 Å². The molecule has 0 aliphatic carbocycles. The second-order valence-corrected chi connectivity index (χ2v) is 7.47. The van der Waals surface area contributed by atoms with E-state index in [1.165, 1.54) is 13.2 Å². The molecule has 0 aromatic heterocycles. The number of hydrogen-bond donors (Lipinski definition) is 0. The highest BCUT2D eigenvalue weighted by molar-refractivity contribution is 6.32. The molecule has 0 unspecified atom stereocenters. The molecule has 0 amide bonds. The molecule has 5 nitrogen and oxygen atoms in total. The molecule has 0 bridgehead atoms. The first-order chi connectivity index (χ1) is 15.5. The van der Waals surface area contributed by atoms with Crippen LogP contribution in [-0.4, -0.2) is 19.0 Å². The summed E-state index contributed by atoms with van der Waals surface area (Å²) >= 11 is 6.41. The van der Waals surface area contributed by atoms with E-state index in [1.54, 1.807) is 36.4 Å². The Morgan fingerprint density at radius 1 is 1.12 bits per heavy atom. The van der Waals surface area contributed by atoms with Crippen LogP contribution in [0.3, 0.4) is 0 Å². The van der Waals surface area contributed by atoms with Crippen LogP contribution < -0.4 is 9.47 Å². The summed E-state index contributed by atoms with van der Waals surface area (Å²) in [5.74, 6) is -0.0562. The molecule has 32 heavy (non-hydrogen) atoms. The van der Waals surface area contributed by atoms with Gasteiger partial charge in [0.1, 0.15) is 12.4 Å². The highest BCUT2D eigenvalue weighted by Crippen LogP contribution is 2.38. The van der Waals surface area contributed by atoms with E-state index in [0.717, 1.165) is 11.1 Å². The molecular formula is C25H19ClFNO4. The molecule has 162 valence electrons. The first-order valence-electron chi connectivity index (χ1n) is 9.78. The maximum absolute atomic E-state index is 13.9. The Hall–Kier alpha value is -3.64. The molecule has 0 N–H and O–H groups in total. The molecule has 3 aromatic carbocycles. The highest BCUT2D eigenvalue weighted by Gasteiger charge is 2.25. The molecule has 1 heterocycles. The summed E-state index contributed by atoms with van der Waals surface area (Å²) < 4.78 is 30.3. The Labute approximate surface area is 189 Å². The third-order valence-electron chi connectivity index (χ3n) is 4.88. The fraction of sp³-hybridized carbons (Fsp3) is 0.120. The number of methoxy groups -OCH3 is 1. The lowest BCUT2D eigenvalue weighted by Crippen LogP contribution is -2.06. The van der Waals surface area contributed by atoms with Crippen molar-refractivity contribution < 1.29 is 23.4 Å². The van der Waals surface area contributed by atoms with E-state index in [4.69, 9.17) is 25.8 Å². The van der Waals surface area contributed by atoms with Crippen molar-refractivity contribution in [3.05, 3.63) is 99.5 Å². The number of nitrogens with zero attached hydrogens (tertiary/aromatic N) is 1. The van der Waals surface area contributed by atoms with Gasteiger partial charge in [0, 0.05) is 11.1 Å². The third kappa shape index (κ3) is 4.50. The van der Waals surface area contributed by atoms with E-state index in [2.05, 4.69) is 4.99 Å². The number of benzene rings is 3. The van der Waals surface area contributed by atoms with Gasteiger partial charge in [-0.3, -0.25) is 0 Å². The molecule has 0 radical (unpaired) electrons. The Morgan fingerprint density at radius 3 is 2.62 bits per heavy atom. The van der Waals surface area contributed by atoms with Crippen molar-refractivity contribution in [2.45, 2.75) is 13.5 Å². The number of carbonyl (C=O) groups excluding carboxylic acids is 1. The van der Waals surface area contributed by atoms with E-state index in [9.17, 15) is 9.18 Å². The van der Waals surface area contributed by atoms with Crippen molar-refractivity contribution in [1.82, 2.24) is 0 Å². The average Bonchev–Trinajstić information content (AvgIpc) is 3.14. The van der Waals surface area contributed by atoms with E-state index in [1.807, 2.05) is 31.2 Å². The Kier molecular flexibility index (Phi) is 6.23. The van der Waals surface area contributed by atoms with Gasteiger partial charge in [-0.25, -0.2) is 14.2 Å². The van der Waals surface area contributed by atoms with Gasteiger partial charge in [-0.15, -0.1) is 0 Å². The van der Waals surface area contributed by atoms with Gasteiger partial charge in [0.25, 0.3) is 0 Å². The van der Waals surface area contributed by atoms with Crippen LogP contribution in [0.25, 0.3) is 6.08 Å². The van der Waals surface area contributed by atoms with Crippen LogP contribution in [0.5, 0.6) is 11.5 Å². The maximum Gasteiger partial charge on any atom is 0.363 e. The van der Waals surface area contributed by atoms with Crippen LogP contribution in [0, 0.1) is 12.7 Å². The smallest absolute Gasteiger partial charge is 0.363 e. The topological polar surface area (TPSA) is 57.1 Å². The molecule has 0 saturated heterocycles. The van der Waals surface area contributed by atoms with Gasteiger partial charge in [-0.1, -0.05) is 48.0 Å². The fourth-order valence-electron chi connectivity index (χ4n) is 3.22. The van der Waals surface area contributed by atoms with Gasteiger partial charge in [0.2, 0.25) is 5.90 Å². The van der Waals surface area contributed by atoms with Crippen molar-refractivity contribution in [3.8, 4) is 11.5 Å². The van der Waals surface area contributed by atoms with Crippen LogP contribution in [0.1, 0.15) is 22.3 Å². The Morgan fingerprint density at radius 2 is 1.88 bits per heavy atom. The third-order valence-corrected chi connectivity index (χ3v) is 5.16. The van der Waals surface area contributed by atoms with Gasteiger partial charge < -0.3 is 14.2 Å². The standard InChI is InChI=1S/C25H19ClFNO4/c1-15-7-3-5-9-18(15)24-28-21(25(29)32-24)12-16-11-19(26)23(22(13-16)30-2)31-14-17-8-4-6-10-20(17)27/h3-13H,14H2,1-2H3/b21-12+.